The average molecular weight is 233 g/mol. The zero-order valence-electron chi connectivity index (χ0n) is 10.2. The number of carboxylic acids is 1. The third-order valence-corrected chi connectivity index (χ3v) is 3.54. The van der Waals surface area contributed by atoms with Gasteiger partial charge in [-0.25, -0.2) is 4.79 Å². The van der Waals surface area contributed by atoms with Crippen LogP contribution in [-0.2, 0) is 6.42 Å². The van der Waals surface area contributed by atoms with Crippen LogP contribution in [0.5, 0.6) is 0 Å². The Bertz CT molecular complexity index is 395. The first-order chi connectivity index (χ1) is 8.15. The normalized spacial score (nSPS) is 18.2. The van der Waals surface area contributed by atoms with Crippen molar-refractivity contribution >= 4 is 5.97 Å². The van der Waals surface area contributed by atoms with Crippen LogP contribution in [-0.4, -0.2) is 36.1 Å². The van der Waals surface area contributed by atoms with Gasteiger partial charge in [-0.1, -0.05) is 12.1 Å². The zero-order valence-corrected chi connectivity index (χ0v) is 10.2. The molecule has 0 unspecified atom stereocenters. The van der Waals surface area contributed by atoms with Crippen LogP contribution >= 0.6 is 0 Å². The number of hydrogen-bond acceptors (Lipinski definition) is 2. The van der Waals surface area contributed by atoms with Crippen molar-refractivity contribution in [3.63, 3.8) is 0 Å². The molecule has 17 heavy (non-hydrogen) atoms. The Kier molecular flexibility index (Phi) is 3.79. The number of piperidine rings is 1. The molecule has 0 radical (unpaired) electrons. The van der Waals surface area contributed by atoms with E-state index in [1.807, 2.05) is 12.1 Å². The number of carbonyl (C=O) groups is 1. The minimum absolute atomic E-state index is 0.399. The largest absolute Gasteiger partial charge is 0.478 e. The van der Waals surface area contributed by atoms with E-state index in [-0.39, 0.29) is 0 Å². The number of nitrogens with zero attached hydrogens (tertiary/aromatic N) is 1. The number of rotatable bonds is 3. The van der Waals surface area contributed by atoms with Gasteiger partial charge < -0.3 is 10.0 Å². The van der Waals surface area contributed by atoms with Gasteiger partial charge in [-0.2, -0.15) is 0 Å². The van der Waals surface area contributed by atoms with Crippen LogP contribution in [0.15, 0.2) is 24.3 Å². The van der Waals surface area contributed by atoms with Crippen molar-refractivity contribution in [3.8, 4) is 0 Å². The first-order valence-corrected chi connectivity index (χ1v) is 6.16. The highest BCUT2D eigenvalue weighted by atomic mass is 16.4. The molecule has 1 saturated heterocycles. The summed E-state index contributed by atoms with van der Waals surface area (Å²) in [6.45, 7) is 2.31. The monoisotopic (exact) mass is 233 g/mol. The maximum absolute atomic E-state index is 10.9. The Hall–Kier alpha value is -1.35. The van der Waals surface area contributed by atoms with Gasteiger partial charge in [-0.05, 0) is 63.0 Å². The van der Waals surface area contributed by atoms with Gasteiger partial charge >= 0.3 is 5.97 Å². The van der Waals surface area contributed by atoms with E-state index in [1.54, 1.807) is 12.1 Å². The van der Waals surface area contributed by atoms with Crippen molar-refractivity contribution in [3.05, 3.63) is 35.4 Å². The van der Waals surface area contributed by atoms with Crippen LogP contribution in [0.4, 0.5) is 0 Å². The lowest BCUT2D eigenvalue weighted by Crippen LogP contribution is -2.30. The van der Waals surface area contributed by atoms with Gasteiger partial charge in [0.1, 0.15) is 0 Å². The van der Waals surface area contributed by atoms with Crippen LogP contribution in [0.3, 0.4) is 0 Å². The molecule has 0 amide bonds. The van der Waals surface area contributed by atoms with E-state index in [0.717, 1.165) is 25.1 Å². The molecule has 0 aromatic heterocycles. The molecule has 1 aliphatic heterocycles. The van der Waals surface area contributed by atoms with E-state index in [2.05, 4.69) is 11.9 Å². The third kappa shape index (κ3) is 3.30. The first kappa shape index (κ1) is 12.1. The number of aromatic carboxylic acids is 1. The van der Waals surface area contributed by atoms with E-state index < -0.39 is 5.97 Å². The van der Waals surface area contributed by atoms with Gasteiger partial charge in [-0.3, -0.25) is 0 Å². The molecule has 1 heterocycles. The van der Waals surface area contributed by atoms with Gasteiger partial charge in [0.2, 0.25) is 0 Å². The minimum atomic E-state index is -0.838. The smallest absolute Gasteiger partial charge is 0.335 e. The fraction of sp³-hybridized carbons (Fsp3) is 0.500. The molecular formula is C14H19NO2. The quantitative estimate of drug-likeness (QED) is 0.870. The molecule has 0 saturated carbocycles. The van der Waals surface area contributed by atoms with Gasteiger partial charge in [0, 0.05) is 0 Å². The number of likely N-dealkylation sites (tertiary alicyclic amines) is 1. The maximum atomic E-state index is 10.9. The Morgan fingerprint density at radius 2 is 2.12 bits per heavy atom. The Balaban J connectivity index is 1.98. The molecule has 1 aliphatic rings. The fourth-order valence-electron chi connectivity index (χ4n) is 2.43. The second-order valence-corrected chi connectivity index (χ2v) is 4.96. The van der Waals surface area contributed by atoms with Crippen molar-refractivity contribution in [2.75, 3.05) is 20.1 Å². The summed E-state index contributed by atoms with van der Waals surface area (Å²) in [5.74, 6) is -0.134. The van der Waals surface area contributed by atoms with Crippen LogP contribution in [0.1, 0.15) is 28.8 Å². The van der Waals surface area contributed by atoms with Crippen LogP contribution < -0.4 is 0 Å². The summed E-state index contributed by atoms with van der Waals surface area (Å²) in [4.78, 5) is 13.2. The summed E-state index contributed by atoms with van der Waals surface area (Å²) in [5, 5.41) is 8.94. The van der Waals surface area contributed by atoms with E-state index in [4.69, 9.17) is 5.11 Å². The van der Waals surface area contributed by atoms with Crippen LogP contribution in [0, 0.1) is 5.92 Å². The lowest BCUT2D eigenvalue weighted by molar-refractivity contribution is 0.0696. The van der Waals surface area contributed by atoms with Crippen molar-refractivity contribution in [2.24, 2.45) is 5.92 Å². The molecule has 0 aliphatic carbocycles. The van der Waals surface area contributed by atoms with Crippen molar-refractivity contribution in [2.45, 2.75) is 19.3 Å². The van der Waals surface area contributed by atoms with Gasteiger partial charge in [-0.15, -0.1) is 0 Å². The highest BCUT2D eigenvalue weighted by molar-refractivity contribution is 5.87. The molecule has 3 nitrogen and oxygen atoms in total. The van der Waals surface area contributed by atoms with E-state index in [1.165, 1.54) is 12.8 Å². The van der Waals surface area contributed by atoms with Gasteiger partial charge in [0.25, 0.3) is 0 Å². The first-order valence-electron chi connectivity index (χ1n) is 6.16. The molecular weight excluding hydrogens is 214 g/mol. The van der Waals surface area contributed by atoms with Crippen molar-refractivity contribution in [1.82, 2.24) is 4.90 Å². The Morgan fingerprint density at radius 1 is 1.41 bits per heavy atom. The molecule has 3 heteroatoms. The SMILES string of the molecule is CN1CCC(Cc2cccc(C(=O)O)c2)CC1. The lowest BCUT2D eigenvalue weighted by Gasteiger charge is -2.28. The predicted octanol–water partition coefficient (Wildman–Crippen LogP) is 2.27. The summed E-state index contributed by atoms with van der Waals surface area (Å²) in [7, 11) is 2.15. The fourth-order valence-corrected chi connectivity index (χ4v) is 2.43. The molecule has 0 bridgehead atoms. The topological polar surface area (TPSA) is 40.5 Å². The van der Waals surface area contributed by atoms with E-state index in [0.29, 0.717) is 11.5 Å². The Morgan fingerprint density at radius 3 is 2.76 bits per heavy atom. The number of hydrogen-bond donors (Lipinski definition) is 1. The summed E-state index contributed by atoms with van der Waals surface area (Å²) in [5.41, 5.74) is 1.55. The number of benzene rings is 1. The third-order valence-electron chi connectivity index (χ3n) is 3.54. The maximum Gasteiger partial charge on any atom is 0.335 e. The molecule has 1 N–H and O–H groups in total. The van der Waals surface area contributed by atoms with E-state index >= 15 is 0 Å². The molecule has 0 spiro atoms. The Labute approximate surface area is 102 Å². The van der Waals surface area contributed by atoms with Crippen molar-refractivity contribution in [1.29, 1.82) is 0 Å². The van der Waals surface area contributed by atoms with Crippen LogP contribution in [0.2, 0.25) is 0 Å². The molecule has 1 aromatic rings. The lowest BCUT2D eigenvalue weighted by atomic mass is 9.90. The standard InChI is InChI=1S/C14H19NO2/c1-15-7-5-11(6-8-15)9-12-3-2-4-13(10-12)14(16)17/h2-4,10-11H,5-9H2,1H3,(H,16,17). The highest BCUT2D eigenvalue weighted by Gasteiger charge is 2.17. The summed E-state index contributed by atoms with van der Waals surface area (Å²) in [6, 6.07) is 7.33. The minimum Gasteiger partial charge on any atom is -0.478 e. The summed E-state index contributed by atoms with van der Waals surface area (Å²) >= 11 is 0. The molecule has 92 valence electrons. The van der Waals surface area contributed by atoms with Gasteiger partial charge in [0.05, 0.1) is 5.56 Å². The van der Waals surface area contributed by atoms with Crippen molar-refractivity contribution < 1.29 is 9.90 Å². The molecule has 0 atom stereocenters. The number of carboxylic acid groups (broad SMARTS) is 1. The highest BCUT2D eigenvalue weighted by Crippen LogP contribution is 2.21. The average Bonchev–Trinajstić information content (AvgIpc) is 2.32. The van der Waals surface area contributed by atoms with E-state index in [9.17, 15) is 4.79 Å². The second kappa shape index (κ2) is 5.32. The van der Waals surface area contributed by atoms with Crippen LogP contribution in [0.25, 0.3) is 0 Å². The molecule has 1 aromatic carbocycles. The van der Waals surface area contributed by atoms with Gasteiger partial charge in [0.15, 0.2) is 0 Å². The zero-order chi connectivity index (χ0) is 12.3. The predicted molar refractivity (Wildman–Crippen MR) is 67.3 cm³/mol. The molecule has 1 fully saturated rings. The second-order valence-electron chi connectivity index (χ2n) is 4.96. The molecule has 2 rings (SSSR count). The summed E-state index contributed by atoms with van der Waals surface area (Å²) in [6.07, 6.45) is 3.44. The summed E-state index contributed by atoms with van der Waals surface area (Å²) < 4.78 is 0.